The van der Waals surface area contributed by atoms with Crippen molar-refractivity contribution in [1.29, 1.82) is 0 Å². The molecule has 0 fully saturated rings. The van der Waals surface area contributed by atoms with Crippen molar-refractivity contribution in [1.82, 2.24) is 10.2 Å². The summed E-state index contributed by atoms with van der Waals surface area (Å²) in [5.74, 6) is -3.47. The molecule has 0 saturated heterocycles. The zero-order valence-electron chi connectivity index (χ0n) is 15.6. The number of hydrogen-bond acceptors (Lipinski definition) is 4. The van der Waals surface area contributed by atoms with Gasteiger partial charge in [-0.15, -0.1) is 0 Å². The average Bonchev–Trinajstić information content (AvgIpc) is 2.62. The number of rotatable bonds is 8. The van der Waals surface area contributed by atoms with Crippen LogP contribution in [0.4, 0.5) is 13.6 Å². The highest BCUT2D eigenvalue weighted by Crippen LogP contribution is 2.34. The quantitative estimate of drug-likeness (QED) is 0.520. The number of carbonyl (C=O) groups excluding carboxylic acids is 2. The molecule has 152 valence electrons. The molecule has 1 aromatic carbocycles. The van der Waals surface area contributed by atoms with Gasteiger partial charge in [-0.3, -0.25) is 9.69 Å². The van der Waals surface area contributed by atoms with E-state index in [4.69, 9.17) is 9.84 Å². The number of carbonyl (C=O) groups is 3. The van der Waals surface area contributed by atoms with Gasteiger partial charge in [-0.05, 0) is 31.9 Å². The van der Waals surface area contributed by atoms with Crippen LogP contribution in [0.1, 0.15) is 44.2 Å². The standard InChI is InChI=1S/C19H22F2N2O5/c1-11-15(18(26)28-2)17(16-12(20)7-6-8-13(16)21)22-19(27)23(11)10-5-3-4-9-14(24)25/h6-8,17H,3-5,9-10H2,1-2H3,(H,22,27)(H,24,25)/t17-/m1/s1. The van der Waals surface area contributed by atoms with Crippen LogP contribution in [-0.4, -0.2) is 41.6 Å². The highest BCUT2D eigenvalue weighted by molar-refractivity contribution is 5.95. The molecule has 1 aromatic rings. The highest BCUT2D eigenvalue weighted by atomic mass is 19.1. The Morgan fingerprint density at radius 1 is 1.21 bits per heavy atom. The minimum Gasteiger partial charge on any atom is -0.481 e. The highest BCUT2D eigenvalue weighted by Gasteiger charge is 2.38. The number of urea groups is 1. The molecule has 0 spiro atoms. The molecule has 2 amide bonds. The van der Waals surface area contributed by atoms with Gasteiger partial charge in [0, 0.05) is 18.7 Å². The number of unbranched alkanes of at least 4 members (excludes halogenated alkanes) is 2. The summed E-state index contributed by atoms with van der Waals surface area (Å²) in [6.07, 6.45) is 1.57. The third-order valence-corrected chi connectivity index (χ3v) is 4.56. The van der Waals surface area contributed by atoms with Crippen molar-refractivity contribution in [2.45, 2.75) is 38.6 Å². The van der Waals surface area contributed by atoms with E-state index in [-0.39, 0.29) is 24.2 Å². The van der Waals surface area contributed by atoms with Crippen LogP contribution in [0, 0.1) is 11.6 Å². The molecule has 0 unspecified atom stereocenters. The molecule has 9 heteroatoms. The zero-order chi connectivity index (χ0) is 20.8. The van der Waals surface area contributed by atoms with Crippen molar-refractivity contribution in [3.8, 4) is 0 Å². The molecule has 1 heterocycles. The van der Waals surface area contributed by atoms with Crippen LogP contribution in [0.5, 0.6) is 0 Å². The van der Waals surface area contributed by atoms with Gasteiger partial charge in [0.25, 0.3) is 0 Å². The van der Waals surface area contributed by atoms with Gasteiger partial charge < -0.3 is 15.2 Å². The molecule has 2 rings (SSSR count). The van der Waals surface area contributed by atoms with Crippen LogP contribution in [0.2, 0.25) is 0 Å². The van der Waals surface area contributed by atoms with E-state index in [9.17, 15) is 23.2 Å². The fourth-order valence-electron chi connectivity index (χ4n) is 3.15. The van der Waals surface area contributed by atoms with Crippen LogP contribution in [0.25, 0.3) is 0 Å². The first-order valence-corrected chi connectivity index (χ1v) is 8.80. The van der Waals surface area contributed by atoms with E-state index >= 15 is 0 Å². The molecule has 7 nitrogen and oxygen atoms in total. The van der Waals surface area contributed by atoms with E-state index < -0.39 is 41.2 Å². The van der Waals surface area contributed by atoms with Crippen LogP contribution in [-0.2, 0) is 14.3 Å². The molecule has 28 heavy (non-hydrogen) atoms. The Kier molecular flexibility index (Phi) is 7.08. The van der Waals surface area contributed by atoms with Gasteiger partial charge in [0.1, 0.15) is 11.6 Å². The largest absolute Gasteiger partial charge is 0.481 e. The molecule has 0 bridgehead atoms. The third-order valence-electron chi connectivity index (χ3n) is 4.56. The lowest BCUT2D eigenvalue weighted by molar-refractivity contribution is -0.138. The first-order chi connectivity index (χ1) is 13.3. The van der Waals surface area contributed by atoms with Gasteiger partial charge in [-0.25, -0.2) is 18.4 Å². The lowest BCUT2D eigenvalue weighted by atomic mass is 9.94. The van der Waals surface area contributed by atoms with Gasteiger partial charge in [-0.2, -0.15) is 0 Å². The Bertz CT molecular complexity index is 789. The van der Waals surface area contributed by atoms with Gasteiger partial charge in [0.15, 0.2) is 0 Å². The molecule has 1 aliphatic heterocycles. The maximum Gasteiger partial charge on any atom is 0.337 e. The van der Waals surface area contributed by atoms with Crippen molar-refractivity contribution in [3.05, 3.63) is 46.7 Å². The summed E-state index contributed by atoms with van der Waals surface area (Å²) in [5.41, 5.74) is -0.255. The smallest absolute Gasteiger partial charge is 0.337 e. The first-order valence-electron chi connectivity index (χ1n) is 8.80. The summed E-state index contributed by atoms with van der Waals surface area (Å²) < 4.78 is 33.3. The maximum absolute atomic E-state index is 14.3. The van der Waals surface area contributed by atoms with E-state index in [1.165, 1.54) is 17.9 Å². The van der Waals surface area contributed by atoms with Gasteiger partial charge in [-0.1, -0.05) is 12.5 Å². The number of methoxy groups -OCH3 is 1. The number of halogens is 2. The minimum absolute atomic E-state index is 0.0308. The van der Waals surface area contributed by atoms with Crippen LogP contribution in [0.15, 0.2) is 29.5 Å². The number of ether oxygens (including phenoxy) is 1. The Hall–Kier alpha value is -2.97. The SMILES string of the molecule is COC(=O)C1=C(C)N(CCCCCC(=O)O)C(=O)N[C@H]1c1c(F)cccc1F. The monoisotopic (exact) mass is 396 g/mol. The number of benzene rings is 1. The number of nitrogens with one attached hydrogen (secondary N) is 1. The van der Waals surface area contributed by atoms with E-state index in [0.29, 0.717) is 19.3 Å². The second-order valence-corrected chi connectivity index (χ2v) is 6.36. The fourth-order valence-corrected chi connectivity index (χ4v) is 3.15. The van der Waals surface area contributed by atoms with E-state index in [1.54, 1.807) is 0 Å². The second kappa shape index (κ2) is 9.29. The van der Waals surface area contributed by atoms with Crippen molar-refractivity contribution < 1.29 is 33.0 Å². The summed E-state index contributed by atoms with van der Waals surface area (Å²) >= 11 is 0. The van der Waals surface area contributed by atoms with Crippen molar-refractivity contribution in [2.75, 3.05) is 13.7 Å². The molecule has 0 aliphatic carbocycles. The van der Waals surface area contributed by atoms with Gasteiger partial charge >= 0.3 is 18.0 Å². The number of esters is 1. The molecular weight excluding hydrogens is 374 g/mol. The minimum atomic E-state index is -1.32. The predicted octanol–water partition coefficient (Wildman–Crippen LogP) is 3.12. The average molecular weight is 396 g/mol. The number of nitrogens with zero attached hydrogens (tertiary/aromatic N) is 1. The summed E-state index contributed by atoms with van der Waals surface area (Å²) in [5, 5.41) is 11.1. The maximum atomic E-state index is 14.3. The lowest BCUT2D eigenvalue weighted by Gasteiger charge is -2.35. The Labute approximate surface area is 161 Å². The van der Waals surface area contributed by atoms with E-state index in [2.05, 4.69) is 5.32 Å². The molecular formula is C19H22F2N2O5. The second-order valence-electron chi connectivity index (χ2n) is 6.36. The van der Waals surface area contributed by atoms with Gasteiger partial charge in [0.05, 0.1) is 24.3 Å². The van der Waals surface area contributed by atoms with Crippen LogP contribution >= 0.6 is 0 Å². The van der Waals surface area contributed by atoms with E-state index in [0.717, 1.165) is 19.2 Å². The summed E-state index contributed by atoms with van der Waals surface area (Å²) in [7, 11) is 1.14. The van der Waals surface area contributed by atoms with E-state index in [1.807, 2.05) is 0 Å². The lowest BCUT2D eigenvalue weighted by Crippen LogP contribution is -2.48. The zero-order valence-corrected chi connectivity index (χ0v) is 15.6. The molecule has 1 aliphatic rings. The molecule has 0 radical (unpaired) electrons. The Morgan fingerprint density at radius 3 is 2.43 bits per heavy atom. The molecule has 0 saturated carbocycles. The van der Waals surface area contributed by atoms with Crippen molar-refractivity contribution in [3.63, 3.8) is 0 Å². The summed E-state index contributed by atoms with van der Waals surface area (Å²) in [6, 6.07) is 1.37. The van der Waals surface area contributed by atoms with Crippen molar-refractivity contribution >= 4 is 18.0 Å². The number of aliphatic carboxylic acids is 1. The first kappa shape index (κ1) is 21.3. The predicted molar refractivity (Wildman–Crippen MR) is 95.2 cm³/mol. The number of carboxylic acid groups (broad SMARTS) is 1. The third kappa shape index (κ3) is 4.65. The normalized spacial score (nSPS) is 16.8. The van der Waals surface area contributed by atoms with Crippen LogP contribution < -0.4 is 5.32 Å². The summed E-state index contributed by atoms with van der Waals surface area (Å²) in [4.78, 5) is 36.7. The molecule has 2 N–H and O–H groups in total. The van der Waals surface area contributed by atoms with Crippen molar-refractivity contribution in [2.24, 2.45) is 0 Å². The van der Waals surface area contributed by atoms with Gasteiger partial charge in [0.2, 0.25) is 0 Å². The molecule has 1 atom stereocenters. The number of hydrogen-bond donors (Lipinski definition) is 2. The fraction of sp³-hybridized carbons (Fsp3) is 0.421. The topological polar surface area (TPSA) is 95.9 Å². The Balaban J connectivity index is 2.31. The number of allylic oxidation sites excluding steroid dienone is 1. The number of amides is 2. The number of carboxylic acids is 1. The molecule has 0 aromatic heterocycles. The van der Waals surface area contributed by atoms with Crippen LogP contribution in [0.3, 0.4) is 0 Å². The Morgan fingerprint density at radius 2 is 1.86 bits per heavy atom. The summed E-state index contributed by atoms with van der Waals surface area (Å²) in [6.45, 7) is 1.73.